The maximum absolute atomic E-state index is 13.7. The topological polar surface area (TPSA) is 81.7 Å². The zero-order valence-corrected chi connectivity index (χ0v) is 38.9. The van der Waals surface area contributed by atoms with Gasteiger partial charge in [-0.15, -0.1) is 0 Å². The molecule has 0 radical (unpaired) electrons. The Morgan fingerprint density at radius 3 is 1.33 bits per heavy atom. The first kappa shape index (κ1) is 44.8. The third-order valence-corrected chi connectivity index (χ3v) is 31.7. The van der Waals surface area contributed by atoms with Crippen LogP contribution in [0.15, 0.2) is 0 Å². The third kappa shape index (κ3) is 10.9. The van der Waals surface area contributed by atoms with Crippen molar-refractivity contribution in [3.05, 3.63) is 0 Å². The monoisotopic (exact) mass is 742 g/mol. The predicted molar refractivity (Wildman–Crippen MR) is 205 cm³/mol. The summed E-state index contributed by atoms with van der Waals surface area (Å²) < 4.78 is 60.6. The van der Waals surface area contributed by atoms with Crippen LogP contribution >= 0.6 is 7.60 Å². The van der Waals surface area contributed by atoms with E-state index in [2.05, 4.69) is 135 Å². The second-order valence-electron chi connectivity index (χ2n) is 19.5. The fraction of sp³-hybridized carbons (Fsp3) is 1.00. The molecule has 13 heteroatoms. The van der Waals surface area contributed by atoms with E-state index in [1.807, 2.05) is 0 Å². The van der Waals surface area contributed by atoms with Gasteiger partial charge in [-0.1, -0.05) is 83.1 Å². The minimum absolute atomic E-state index is 0.0299. The van der Waals surface area contributed by atoms with Gasteiger partial charge in [-0.05, 0) is 72.5 Å². The van der Waals surface area contributed by atoms with E-state index in [9.17, 15) is 4.57 Å². The Kier molecular flexibility index (Phi) is 14.4. The Morgan fingerprint density at radius 2 is 0.978 bits per heavy atom. The first-order chi connectivity index (χ1) is 20.1. The van der Waals surface area contributed by atoms with Gasteiger partial charge >= 0.3 is 7.60 Å². The molecule has 0 amide bonds. The molecule has 1 rings (SSSR count). The van der Waals surface area contributed by atoms with Gasteiger partial charge in [0.05, 0.1) is 31.1 Å². The van der Waals surface area contributed by atoms with E-state index >= 15 is 0 Å². The lowest BCUT2D eigenvalue weighted by Gasteiger charge is -2.46. The van der Waals surface area contributed by atoms with Crippen LogP contribution in [0.5, 0.6) is 0 Å². The molecule has 0 aromatic rings. The van der Waals surface area contributed by atoms with Crippen molar-refractivity contribution in [2.75, 3.05) is 27.0 Å². The Bertz CT molecular complexity index is 1030. The molecular formula is C33H75O8PSi4. The van der Waals surface area contributed by atoms with E-state index in [-0.39, 0.29) is 26.3 Å². The van der Waals surface area contributed by atoms with Crippen LogP contribution in [0, 0.1) is 0 Å². The van der Waals surface area contributed by atoms with Crippen LogP contribution in [-0.2, 0) is 36.1 Å². The minimum atomic E-state index is -3.46. The molecule has 0 spiro atoms. The van der Waals surface area contributed by atoms with E-state index in [1.54, 1.807) is 0 Å². The lowest BCUT2D eigenvalue weighted by molar-refractivity contribution is -0.0682. The normalized spacial score (nSPS) is 24.0. The average molecular weight is 743 g/mol. The minimum Gasteiger partial charge on any atom is -0.414 e. The molecule has 1 aliphatic rings. The lowest BCUT2D eigenvalue weighted by atomic mass is 10.0. The molecule has 0 bridgehead atoms. The summed E-state index contributed by atoms with van der Waals surface area (Å²) in [7, 11) is -9.78. The van der Waals surface area contributed by atoms with Crippen molar-refractivity contribution >= 4 is 40.9 Å². The SMILES string of the molecule is COP(=O)(C[C@H]1O[C@@H]([C@@H](CO[Si](C)(C)C(C)(C)C)O[Si](C)(C)C(C)(C)C)[C@H](O[Si](C)(C)C(C)(C)C)[C@H]1O[Si](C)(C)C(C)(C)C)OC. The Labute approximate surface area is 289 Å². The highest BCUT2D eigenvalue weighted by Gasteiger charge is 2.58. The van der Waals surface area contributed by atoms with Crippen LogP contribution in [0.2, 0.25) is 72.5 Å². The highest BCUT2D eigenvalue weighted by Crippen LogP contribution is 2.52. The Hall–Kier alpha value is 0.818. The van der Waals surface area contributed by atoms with Crippen molar-refractivity contribution < 1.29 is 36.1 Å². The fourth-order valence-corrected chi connectivity index (χ4v) is 10.3. The number of hydrogen-bond acceptors (Lipinski definition) is 8. The van der Waals surface area contributed by atoms with Crippen molar-refractivity contribution in [2.24, 2.45) is 0 Å². The quantitative estimate of drug-likeness (QED) is 0.129. The molecule has 0 aromatic carbocycles. The van der Waals surface area contributed by atoms with Crippen LogP contribution in [-0.4, -0.2) is 90.8 Å². The van der Waals surface area contributed by atoms with E-state index in [4.69, 9.17) is 31.5 Å². The highest BCUT2D eigenvalue weighted by atomic mass is 31.2. The summed E-state index contributed by atoms with van der Waals surface area (Å²) in [6.45, 7) is 45.5. The van der Waals surface area contributed by atoms with Crippen LogP contribution < -0.4 is 0 Å². The predicted octanol–water partition coefficient (Wildman–Crippen LogP) is 10.4. The third-order valence-electron chi connectivity index (χ3n) is 11.8. The number of hydrogen-bond donors (Lipinski definition) is 0. The largest absolute Gasteiger partial charge is 0.414 e. The van der Waals surface area contributed by atoms with Crippen molar-refractivity contribution in [3.8, 4) is 0 Å². The van der Waals surface area contributed by atoms with Gasteiger partial charge in [0, 0.05) is 14.2 Å². The van der Waals surface area contributed by atoms with Gasteiger partial charge in [-0.3, -0.25) is 4.57 Å². The molecule has 1 aliphatic heterocycles. The first-order valence-corrected chi connectivity index (χ1v) is 30.5. The van der Waals surface area contributed by atoms with Crippen molar-refractivity contribution in [1.29, 1.82) is 0 Å². The molecule has 0 N–H and O–H groups in total. The van der Waals surface area contributed by atoms with Gasteiger partial charge in [0.1, 0.15) is 12.2 Å². The summed E-state index contributed by atoms with van der Waals surface area (Å²) in [4.78, 5) is 0. The van der Waals surface area contributed by atoms with Gasteiger partial charge in [0.15, 0.2) is 33.3 Å². The van der Waals surface area contributed by atoms with Gasteiger partial charge in [-0.2, -0.15) is 0 Å². The summed E-state index contributed by atoms with van der Waals surface area (Å²) in [5.74, 6) is 0. The molecule has 0 saturated carbocycles. The Balaban J connectivity index is 4.00. The molecule has 1 heterocycles. The summed E-state index contributed by atoms with van der Waals surface area (Å²) >= 11 is 0. The molecule has 46 heavy (non-hydrogen) atoms. The molecule has 1 saturated heterocycles. The van der Waals surface area contributed by atoms with Crippen molar-refractivity contribution in [2.45, 2.75) is 186 Å². The van der Waals surface area contributed by atoms with Gasteiger partial charge in [0.25, 0.3) is 0 Å². The van der Waals surface area contributed by atoms with Crippen LogP contribution in [0.25, 0.3) is 0 Å². The summed E-state index contributed by atoms with van der Waals surface area (Å²) in [5, 5.41) is -0.123. The standard InChI is InChI=1S/C33H75O8PSi4/c1-30(2,3)43(15,16)37-23-25(39-44(17,18)31(4,5)6)27-29(41-46(21,22)33(10,11)12)28(40-45(19,20)32(7,8)9)26(38-27)24-42(34,35-13)36-14/h25-29H,23-24H2,1-22H3/t25-,26-,27+,28+,29+/m1/s1. The zero-order chi connectivity index (χ0) is 36.8. The second-order valence-corrected chi connectivity index (χ2v) is 40.9. The van der Waals surface area contributed by atoms with E-state index in [0.29, 0.717) is 6.61 Å². The van der Waals surface area contributed by atoms with Crippen LogP contribution in [0.1, 0.15) is 83.1 Å². The van der Waals surface area contributed by atoms with E-state index < -0.39 is 71.4 Å². The van der Waals surface area contributed by atoms with Crippen molar-refractivity contribution in [3.63, 3.8) is 0 Å². The molecule has 5 atom stereocenters. The van der Waals surface area contributed by atoms with E-state index in [1.165, 1.54) is 14.2 Å². The second kappa shape index (κ2) is 14.8. The maximum Gasteiger partial charge on any atom is 0.332 e. The fourth-order valence-electron chi connectivity index (χ4n) is 4.21. The van der Waals surface area contributed by atoms with E-state index in [0.717, 1.165) is 0 Å². The van der Waals surface area contributed by atoms with Crippen molar-refractivity contribution in [1.82, 2.24) is 0 Å². The van der Waals surface area contributed by atoms with Gasteiger partial charge in [-0.25, -0.2) is 0 Å². The molecule has 0 unspecified atom stereocenters. The summed E-state index contributed by atoms with van der Waals surface area (Å²) in [6, 6.07) is 0. The van der Waals surface area contributed by atoms with Crippen LogP contribution in [0.3, 0.4) is 0 Å². The average Bonchev–Trinajstić information content (AvgIpc) is 3.13. The molecule has 8 nitrogen and oxygen atoms in total. The lowest BCUT2D eigenvalue weighted by Crippen LogP contribution is -2.58. The molecule has 1 fully saturated rings. The Morgan fingerprint density at radius 1 is 0.609 bits per heavy atom. The highest BCUT2D eigenvalue weighted by molar-refractivity contribution is 7.53. The van der Waals surface area contributed by atoms with Gasteiger partial charge < -0.3 is 31.5 Å². The number of rotatable bonds is 14. The summed E-state index contributed by atoms with van der Waals surface area (Å²) in [5.41, 5.74) is 0. The van der Waals surface area contributed by atoms with Crippen LogP contribution in [0.4, 0.5) is 0 Å². The smallest absolute Gasteiger partial charge is 0.332 e. The molecule has 276 valence electrons. The molecular weight excluding hydrogens is 668 g/mol. The number of ether oxygens (including phenoxy) is 1. The molecule has 0 aromatic heterocycles. The molecule has 0 aliphatic carbocycles. The summed E-state index contributed by atoms with van der Waals surface area (Å²) in [6.07, 6.45) is -2.39. The first-order valence-electron chi connectivity index (χ1n) is 17.1. The maximum atomic E-state index is 13.7. The zero-order valence-electron chi connectivity index (χ0n) is 34.0. The van der Waals surface area contributed by atoms with Gasteiger partial charge in [0.2, 0.25) is 0 Å².